The van der Waals surface area contributed by atoms with Gasteiger partial charge in [0.1, 0.15) is 0 Å². The second-order valence-corrected chi connectivity index (χ2v) is 2.36. The Labute approximate surface area is 65.4 Å². The van der Waals surface area contributed by atoms with Gasteiger partial charge < -0.3 is 4.84 Å². The van der Waals surface area contributed by atoms with Crippen molar-refractivity contribution in [2.24, 2.45) is 11.8 Å². The third-order valence-electron chi connectivity index (χ3n) is 1.34. The van der Waals surface area contributed by atoms with Gasteiger partial charge in [-0.25, -0.2) is 5.90 Å². The zero-order chi connectivity index (χ0) is 9.99. The van der Waals surface area contributed by atoms with E-state index in [1.165, 1.54) is 0 Å². The number of hydrogen-bond donors (Lipinski definition) is 1. The van der Waals surface area contributed by atoms with Crippen LogP contribution < -0.4 is 5.90 Å². The molecule has 0 spiro atoms. The number of hydrogen-bond acceptors (Lipinski definition) is 2. The van der Waals surface area contributed by atoms with Crippen LogP contribution in [-0.2, 0) is 4.84 Å². The van der Waals surface area contributed by atoms with Crippen molar-refractivity contribution in [3.8, 4) is 0 Å². The van der Waals surface area contributed by atoms with Crippen LogP contribution in [0.4, 0.5) is 22.0 Å². The molecule has 0 saturated carbocycles. The molecule has 0 amide bonds. The van der Waals surface area contributed by atoms with Crippen molar-refractivity contribution in [1.29, 1.82) is 0 Å². The Kier molecular flexibility index (Phi) is 3.40. The van der Waals surface area contributed by atoms with E-state index in [0.717, 1.165) is 0 Å². The van der Waals surface area contributed by atoms with E-state index in [-0.39, 0.29) is 0 Å². The first-order chi connectivity index (χ1) is 5.23. The van der Waals surface area contributed by atoms with Crippen molar-refractivity contribution in [3.05, 3.63) is 0 Å². The number of halogens is 5. The molecule has 0 radical (unpaired) electrons. The molecule has 0 aromatic heterocycles. The normalized spacial score (nSPS) is 16.2. The third kappa shape index (κ3) is 2.28. The van der Waals surface area contributed by atoms with Gasteiger partial charge in [0, 0.05) is 0 Å². The summed E-state index contributed by atoms with van der Waals surface area (Å²) in [5.41, 5.74) is 0. The average Bonchev–Trinajstić information content (AvgIpc) is 1.85. The molecule has 0 aliphatic carbocycles. The van der Waals surface area contributed by atoms with Gasteiger partial charge in [0.05, 0.1) is 12.5 Å². The van der Waals surface area contributed by atoms with Crippen LogP contribution in [0.25, 0.3) is 0 Å². The van der Waals surface area contributed by atoms with Crippen LogP contribution >= 0.6 is 0 Å². The van der Waals surface area contributed by atoms with E-state index in [2.05, 4.69) is 10.7 Å². The molecule has 0 aromatic carbocycles. The number of nitrogens with two attached hydrogens (primary N) is 1. The first kappa shape index (κ1) is 11.6. The molecule has 1 unspecified atom stereocenters. The Morgan fingerprint density at radius 2 is 1.67 bits per heavy atom. The summed E-state index contributed by atoms with van der Waals surface area (Å²) in [5.74, 6) is -2.37. The maximum Gasteiger partial charge on any atom is 0.453 e. The lowest BCUT2D eigenvalue weighted by Crippen LogP contribution is -2.44. The molecule has 2 N–H and O–H groups in total. The minimum atomic E-state index is -5.55. The molecule has 0 heterocycles. The van der Waals surface area contributed by atoms with E-state index in [0.29, 0.717) is 6.92 Å². The van der Waals surface area contributed by atoms with Gasteiger partial charge >= 0.3 is 12.1 Å². The fourth-order valence-corrected chi connectivity index (χ4v) is 0.528. The van der Waals surface area contributed by atoms with Crippen molar-refractivity contribution in [2.45, 2.75) is 19.0 Å². The Morgan fingerprint density at radius 1 is 1.25 bits per heavy atom. The van der Waals surface area contributed by atoms with E-state index in [9.17, 15) is 22.0 Å². The first-order valence-electron chi connectivity index (χ1n) is 2.99. The maximum atomic E-state index is 12.3. The quantitative estimate of drug-likeness (QED) is 0.547. The smallest absolute Gasteiger partial charge is 0.304 e. The summed E-state index contributed by atoms with van der Waals surface area (Å²) >= 11 is 0. The van der Waals surface area contributed by atoms with Gasteiger partial charge in [-0.3, -0.25) is 0 Å². The molecule has 7 heteroatoms. The van der Waals surface area contributed by atoms with Crippen molar-refractivity contribution >= 4 is 0 Å². The molecular weight excluding hydrogens is 185 g/mol. The van der Waals surface area contributed by atoms with Crippen molar-refractivity contribution in [1.82, 2.24) is 0 Å². The molecular formula is C5H8F5NO. The topological polar surface area (TPSA) is 35.2 Å². The minimum absolute atomic E-state index is 0.709. The number of alkyl halides is 5. The lowest BCUT2D eigenvalue weighted by molar-refractivity contribution is -0.304. The predicted octanol–water partition coefficient (Wildman–Crippen LogP) is 1.71. The zero-order valence-corrected chi connectivity index (χ0v) is 6.16. The lowest BCUT2D eigenvalue weighted by Gasteiger charge is -2.24. The fraction of sp³-hybridized carbons (Fsp3) is 1.00. The molecule has 0 aliphatic heterocycles. The summed E-state index contributed by atoms with van der Waals surface area (Å²) in [4.78, 5) is 3.71. The van der Waals surface area contributed by atoms with Crippen LogP contribution in [0.2, 0.25) is 0 Å². The van der Waals surface area contributed by atoms with Crippen LogP contribution in [0.5, 0.6) is 0 Å². The summed E-state index contributed by atoms with van der Waals surface area (Å²) in [5, 5.41) is 0. The third-order valence-corrected chi connectivity index (χ3v) is 1.34. The Hall–Kier alpha value is -0.430. The molecule has 0 fully saturated rings. The minimum Gasteiger partial charge on any atom is -0.304 e. The monoisotopic (exact) mass is 193 g/mol. The Bertz CT molecular complexity index is 145. The molecule has 0 aromatic rings. The summed E-state index contributed by atoms with van der Waals surface area (Å²) < 4.78 is 59.2. The maximum absolute atomic E-state index is 12.3. The standard InChI is InChI=1S/C5H8F5NO/c1-3(2-12-11)4(6,7)5(8,9)10/h3H,2,11H2,1H3. The molecule has 2 nitrogen and oxygen atoms in total. The van der Waals surface area contributed by atoms with E-state index in [1.54, 1.807) is 0 Å². The van der Waals surface area contributed by atoms with Crippen LogP contribution in [0.1, 0.15) is 6.92 Å². The van der Waals surface area contributed by atoms with Crippen LogP contribution in [0.15, 0.2) is 0 Å². The zero-order valence-electron chi connectivity index (χ0n) is 6.16. The van der Waals surface area contributed by atoms with E-state index >= 15 is 0 Å². The van der Waals surface area contributed by atoms with Crippen molar-refractivity contribution in [3.63, 3.8) is 0 Å². The van der Waals surface area contributed by atoms with Crippen LogP contribution in [0, 0.1) is 5.92 Å². The van der Waals surface area contributed by atoms with Gasteiger partial charge in [0.15, 0.2) is 0 Å². The molecule has 0 saturated heterocycles. The van der Waals surface area contributed by atoms with Crippen LogP contribution in [-0.4, -0.2) is 18.7 Å². The average molecular weight is 193 g/mol. The highest BCUT2D eigenvalue weighted by atomic mass is 19.4. The lowest BCUT2D eigenvalue weighted by atomic mass is 10.1. The number of rotatable bonds is 3. The SMILES string of the molecule is CC(CON)C(F)(F)C(F)(F)F. The first-order valence-corrected chi connectivity index (χ1v) is 2.99. The molecule has 0 aliphatic rings. The molecule has 0 rings (SSSR count). The van der Waals surface area contributed by atoms with Gasteiger partial charge in [0.25, 0.3) is 0 Å². The Balaban J connectivity index is 4.38. The van der Waals surface area contributed by atoms with Gasteiger partial charge in [-0.15, -0.1) is 0 Å². The summed E-state index contributed by atoms with van der Waals surface area (Å²) in [6.45, 7) is -0.132. The van der Waals surface area contributed by atoms with Gasteiger partial charge in [-0.1, -0.05) is 6.92 Å². The van der Waals surface area contributed by atoms with Gasteiger partial charge in [0.2, 0.25) is 0 Å². The van der Waals surface area contributed by atoms with Gasteiger partial charge in [-0.2, -0.15) is 22.0 Å². The van der Waals surface area contributed by atoms with E-state index in [1.807, 2.05) is 0 Å². The largest absolute Gasteiger partial charge is 0.453 e. The highest BCUT2D eigenvalue weighted by Crippen LogP contribution is 2.40. The summed E-state index contributed by atoms with van der Waals surface area (Å²) in [6, 6.07) is 0. The van der Waals surface area contributed by atoms with Crippen molar-refractivity contribution < 1.29 is 26.8 Å². The summed E-state index contributed by atoms with van der Waals surface area (Å²) in [6.07, 6.45) is -5.55. The molecule has 74 valence electrons. The van der Waals surface area contributed by atoms with E-state index in [4.69, 9.17) is 0 Å². The fourth-order valence-electron chi connectivity index (χ4n) is 0.528. The highest BCUT2D eigenvalue weighted by Gasteiger charge is 2.60. The Morgan fingerprint density at radius 3 is 1.92 bits per heavy atom. The van der Waals surface area contributed by atoms with Crippen LogP contribution in [0.3, 0.4) is 0 Å². The predicted molar refractivity (Wildman–Crippen MR) is 30.3 cm³/mol. The summed E-state index contributed by atoms with van der Waals surface area (Å²) in [7, 11) is 0. The van der Waals surface area contributed by atoms with Crippen molar-refractivity contribution in [2.75, 3.05) is 6.61 Å². The molecule has 0 bridgehead atoms. The van der Waals surface area contributed by atoms with Gasteiger partial charge in [-0.05, 0) is 0 Å². The molecule has 1 atom stereocenters. The van der Waals surface area contributed by atoms with E-state index < -0.39 is 24.6 Å². The second kappa shape index (κ2) is 3.53. The molecule has 12 heavy (non-hydrogen) atoms. The second-order valence-electron chi connectivity index (χ2n) is 2.36. The highest BCUT2D eigenvalue weighted by molar-refractivity contribution is 4.81.